The fourth-order valence-electron chi connectivity index (χ4n) is 3.51. The summed E-state index contributed by atoms with van der Waals surface area (Å²) in [7, 11) is 0. The third kappa shape index (κ3) is 6.98. The number of carbonyl (C=O) groups is 1. The van der Waals surface area contributed by atoms with Gasteiger partial charge >= 0.3 is 6.03 Å². The summed E-state index contributed by atoms with van der Waals surface area (Å²) < 4.78 is 39.3. The highest BCUT2D eigenvalue weighted by atomic mass is 19.1. The van der Waals surface area contributed by atoms with Crippen molar-refractivity contribution in [2.75, 3.05) is 37.0 Å². The van der Waals surface area contributed by atoms with E-state index in [1.54, 1.807) is 30.3 Å². The zero-order valence-electron chi connectivity index (χ0n) is 19.7. The molecule has 1 aromatic heterocycles. The molecule has 1 aliphatic heterocycles. The van der Waals surface area contributed by atoms with Gasteiger partial charge in [0, 0.05) is 36.0 Å². The van der Waals surface area contributed by atoms with Crippen LogP contribution in [0, 0.1) is 11.7 Å². The highest BCUT2D eigenvalue weighted by molar-refractivity contribution is 5.92. The van der Waals surface area contributed by atoms with Gasteiger partial charge in [-0.05, 0) is 51.0 Å². The number of aromatic nitrogens is 2. The van der Waals surface area contributed by atoms with Crippen molar-refractivity contribution in [2.45, 2.75) is 32.4 Å². The summed E-state index contributed by atoms with van der Waals surface area (Å²) in [5.41, 5.74) is 0.292. The number of hydrogen-bond donors (Lipinski definition) is 3. The van der Waals surface area contributed by atoms with Crippen molar-refractivity contribution >= 4 is 34.1 Å². The Bertz CT molecular complexity index is 1160. The quantitative estimate of drug-likeness (QED) is 0.366. The third-order valence-electron chi connectivity index (χ3n) is 5.58. The lowest BCUT2D eigenvalue weighted by molar-refractivity contribution is -0.0401. The summed E-state index contributed by atoms with van der Waals surface area (Å²) in [5.74, 6) is 0.754. The normalized spacial score (nSPS) is 13.8. The van der Waals surface area contributed by atoms with Gasteiger partial charge in [-0.25, -0.2) is 23.5 Å². The molecule has 10 heteroatoms. The number of halogens is 2. The average Bonchev–Trinajstić information content (AvgIpc) is 2.76. The molecule has 0 saturated carbocycles. The molecule has 0 radical (unpaired) electrons. The maximum absolute atomic E-state index is 15.0. The van der Waals surface area contributed by atoms with E-state index in [1.165, 1.54) is 26.2 Å². The van der Waals surface area contributed by atoms with Crippen LogP contribution >= 0.6 is 0 Å². The second kappa shape index (κ2) is 10.8. The number of alkyl halides is 1. The molecular weight excluding hydrogens is 456 g/mol. The molecule has 35 heavy (non-hydrogen) atoms. The molecule has 0 atom stereocenters. The lowest BCUT2D eigenvalue weighted by atomic mass is 10.1. The first-order valence-corrected chi connectivity index (χ1v) is 11.5. The summed E-state index contributed by atoms with van der Waals surface area (Å²) in [6.07, 6.45) is 2.44. The molecule has 8 nitrogen and oxygen atoms in total. The van der Waals surface area contributed by atoms with E-state index in [9.17, 15) is 13.6 Å². The smallest absolute Gasteiger partial charge is 0.319 e. The Morgan fingerprint density at radius 3 is 2.60 bits per heavy atom. The topological polar surface area (TPSA) is 97.4 Å². The van der Waals surface area contributed by atoms with E-state index in [4.69, 9.17) is 9.47 Å². The third-order valence-corrected chi connectivity index (χ3v) is 5.58. The number of benzene rings is 2. The van der Waals surface area contributed by atoms with E-state index >= 15 is 0 Å². The Hall–Kier alpha value is -3.53. The van der Waals surface area contributed by atoms with Gasteiger partial charge in [0.25, 0.3) is 0 Å². The van der Waals surface area contributed by atoms with Gasteiger partial charge in [0.1, 0.15) is 29.4 Å². The molecule has 3 aromatic rings. The average molecular weight is 486 g/mol. The molecule has 2 heterocycles. The minimum Gasteiger partial charge on any atom is -0.493 e. The van der Waals surface area contributed by atoms with Gasteiger partial charge in [0.15, 0.2) is 0 Å². The minimum absolute atomic E-state index is 0.218. The second-order valence-corrected chi connectivity index (χ2v) is 9.11. The molecule has 0 aliphatic carbocycles. The number of fused-ring (bicyclic) bond motifs is 1. The number of anilines is 3. The van der Waals surface area contributed by atoms with Crippen LogP contribution in [-0.4, -0.2) is 48.0 Å². The zero-order chi connectivity index (χ0) is 24.8. The van der Waals surface area contributed by atoms with Crippen LogP contribution in [0.15, 0.2) is 42.7 Å². The molecule has 1 fully saturated rings. The Morgan fingerprint density at radius 1 is 1.17 bits per heavy atom. The summed E-state index contributed by atoms with van der Waals surface area (Å²) in [6.45, 7) is 5.14. The van der Waals surface area contributed by atoms with Crippen LogP contribution < -0.4 is 20.7 Å². The molecule has 4 rings (SSSR count). The molecule has 186 valence electrons. The summed E-state index contributed by atoms with van der Waals surface area (Å²) in [4.78, 5) is 20.4. The van der Waals surface area contributed by atoms with Gasteiger partial charge in [0.05, 0.1) is 30.7 Å². The van der Waals surface area contributed by atoms with Crippen molar-refractivity contribution in [3.05, 3.63) is 48.5 Å². The van der Waals surface area contributed by atoms with Gasteiger partial charge in [0.2, 0.25) is 0 Å². The van der Waals surface area contributed by atoms with Crippen LogP contribution in [-0.2, 0) is 4.74 Å². The van der Waals surface area contributed by atoms with Gasteiger partial charge in [-0.15, -0.1) is 0 Å². The fourth-order valence-corrected chi connectivity index (χ4v) is 3.51. The minimum atomic E-state index is -1.34. The largest absolute Gasteiger partial charge is 0.493 e. The van der Waals surface area contributed by atoms with E-state index in [2.05, 4.69) is 25.9 Å². The maximum atomic E-state index is 15.0. The number of urea groups is 1. The van der Waals surface area contributed by atoms with Crippen LogP contribution in [0.5, 0.6) is 5.75 Å². The van der Waals surface area contributed by atoms with E-state index in [1.807, 2.05) is 0 Å². The number of carbonyl (C=O) groups excluding carboxylic acids is 1. The SMILES string of the molecule is CC(C)(F)CCNC(=O)Nc1ccc(Nc2ncnc3cc(OCCC4COC4)cc(F)c23)cc1. The molecule has 3 N–H and O–H groups in total. The van der Waals surface area contributed by atoms with Gasteiger partial charge in [-0.3, -0.25) is 0 Å². The standard InChI is InChI=1S/C25H29F2N5O3/c1-25(2,27)8-9-28-24(33)32-18-5-3-17(4-6-18)31-23-22-20(26)11-19(12-21(22)29-15-30-23)35-10-7-16-13-34-14-16/h3-6,11-12,15-16H,7-10,13-14H2,1-2H3,(H2,28,32,33)(H,29,30,31). The number of nitrogens with one attached hydrogen (secondary N) is 3. The van der Waals surface area contributed by atoms with E-state index in [-0.39, 0.29) is 18.4 Å². The number of rotatable bonds is 10. The lowest BCUT2D eigenvalue weighted by Gasteiger charge is -2.25. The fraction of sp³-hybridized carbons (Fsp3) is 0.400. The van der Waals surface area contributed by atoms with Crippen molar-refractivity contribution in [1.29, 1.82) is 0 Å². The van der Waals surface area contributed by atoms with Crippen LogP contribution in [0.1, 0.15) is 26.7 Å². The molecule has 2 aromatic carbocycles. The van der Waals surface area contributed by atoms with E-state index in [0.29, 0.717) is 41.0 Å². The highest BCUT2D eigenvalue weighted by Crippen LogP contribution is 2.30. The molecule has 1 aliphatic rings. The lowest BCUT2D eigenvalue weighted by Crippen LogP contribution is -2.32. The van der Waals surface area contributed by atoms with Crippen molar-refractivity contribution in [2.24, 2.45) is 5.92 Å². The number of nitrogens with zero attached hydrogens (tertiary/aromatic N) is 2. The number of hydrogen-bond acceptors (Lipinski definition) is 6. The first kappa shape index (κ1) is 24.6. The van der Waals surface area contributed by atoms with Crippen molar-refractivity contribution in [3.63, 3.8) is 0 Å². The first-order valence-electron chi connectivity index (χ1n) is 11.5. The maximum Gasteiger partial charge on any atom is 0.319 e. The highest BCUT2D eigenvalue weighted by Gasteiger charge is 2.18. The molecular formula is C25H29F2N5O3. The van der Waals surface area contributed by atoms with Crippen LogP contribution in [0.3, 0.4) is 0 Å². The molecule has 0 unspecified atom stereocenters. The van der Waals surface area contributed by atoms with Crippen LogP contribution in [0.2, 0.25) is 0 Å². The summed E-state index contributed by atoms with van der Waals surface area (Å²) >= 11 is 0. The van der Waals surface area contributed by atoms with Crippen molar-refractivity contribution in [3.8, 4) is 5.75 Å². The zero-order valence-corrected chi connectivity index (χ0v) is 19.7. The molecule has 2 amide bonds. The number of amides is 2. The summed E-state index contributed by atoms with van der Waals surface area (Å²) in [6, 6.07) is 9.46. The summed E-state index contributed by atoms with van der Waals surface area (Å²) in [5, 5.41) is 8.66. The monoisotopic (exact) mass is 485 g/mol. The Balaban J connectivity index is 1.37. The van der Waals surface area contributed by atoms with E-state index < -0.39 is 17.5 Å². The van der Waals surface area contributed by atoms with Crippen LogP contribution in [0.4, 0.5) is 30.8 Å². The van der Waals surface area contributed by atoms with Crippen molar-refractivity contribution < 1.29 is 23.0 Å². The second-order valence-electron chi connectivity index (χ2n) is 9.11. The predicted octanol–water partition coefficient (Wildman–Crippen LogP) is 5.19. The Kier molecular flexibility index (Phi) is 7.60. The Morgan fingerprint density at radius 2 is 1.91 bits per heavy atom. The predicted molar refractivity (Wildman–Crippen MR) is 130 cm³/mol. The van der Waals surface area contributed by atoms with Crippen molar-refractivity contribution in [1.82, 2.24) is 15.3 Å². The first-order chi connectivity index (χ1) is 16.8. The number of ether oxygens (including phenoxy) is 2. The van der Waals surface area contributed by atoms with Crippen LogP contribution in [0.25, 0.3) is 10.9 Å². The molecule has 0 spiro atoms. The van der Waals surface area contributed by atoms with Gasteiger partial charge < -0.3 is 25.4 Å². The molecule has 0 bridgehead atoms. The molecule has 1 saturated heterocycles. The van der Waals surface area contributed by atoms with Gasteiger partial charge in [-0.1, -0.05) is 0 Å². The van der Waals surface area contributed by atoms with E-state index in [0.717, 1.165) is 19.6 Å². The Labute approximate surface area is 202 Å². The van der Waals surface area contributed by atoms with Gasteiger partial charge in [-0.2, -0.15) is 0 Å².